The number of nitriles is 1. The van der Waals surface area contributed by atoms with E-state index in [0.29, 0.717) is 16.9 Å². The molecule has 0 amide bonds. The van der Waals surface area contributed by atoms with Gasteiger partial charge < -0.3 is 14.9 Å². The van der Waals surface area contributed by atoms with Gasteiger partial charge in [-0.15, -0.1) is 0 Å². The van der Waals surface area contributed by atoms with Gasteiger partial charge in [-0.3, -0.25) is 10.1 Å². The summed E-state index contributed by atoms with van der Waals surface area (Å²) in [6.07, 6.45) is -0.928. The van der Waals surface area contributed by atoms with E-state index in [2.05, 4.69) is 5.32 Å². The molecule has 0 fully saturated rings. The minimum Gasteiger partial charge on any atom is -0.485 e. The van der Waals surface area contributed by atoms with Crippen molar-refractivity contribution < 1.29 is 19.7 Å². The molecule has 106 valence electrons. The van der Waals surface area contributed by atoms with Crippen LogP contribution in [0.2, 0.25) is 0 Å². The van der Waals surface area contributed by atoms with Crippen molar-refractivity contribution in [3.05, 3.63) is 29.3 Å². The molecule has 1 aromatic rings. The lowest BCUT2D eigenvalue weighted by molar-refractivity contribution is -0.136. The molecule has 6 nitrogen and oxygen atoms in total. The third-order valence-corrected chi connectivity index (χ3v) is 3.35. The van der Waals surface area contributed by atoms with Gasteiger partial charge in [-0.2, -0.15) is 5.26 Å². The molecule has 0 radical (unpaired) electrons. The van der Waals surface area contributed by atoms with Gasteiger partial charge >= 0.3 is 5.97 Å². The molecule has 3 N–H and O–H groups in total. The number of hydrogen-bond acceptors (Lipinski definition) is 5. The van der Waals surface area contributed by atoms with Crippen LogP contribution < -0.4 is 10.1 Å². The SMILES string of the molecule is CC1(C)Oc2ccc(C#N)cc2[C@H](NCC(=O)O)[C@H]1O. The first-order valence-electron chi connectivity index (χ1n) is 6.21. The van der Waals surface area contributed by atoms with Crippen molar-refractivity contribution in [2.45, 2.75) is 31.6 Å². The Labute approximate surface area is 116 Å². The summed E-state index contributed by atoms with van der Waals surface area (Å²) in [5.41, 5.74) is 0.177. The molecule has 0 unspecified atom stereocenters. The number of carboxylic acid groups (broad SMARTS) is 1. The Hall–Kier alpha value is -2.10. The summed E-state index contributed by atoms with van der Waals surface area (Å²) < 4.78 is 5.72. The molecule has 1 aliphatic rings. The quantitative estimate of drug-likeness (QED) is 0.754. The number of carboxylic acids is 1. The number of aliphatic hydroxyl groups excluding tert-OH is 1. The second-order valence-electron chi connectivity index (χ2n) is 5.27. The molecule has 0 saturated heterocycles. The van der Waals surface area contributed by atoms with Crippen LogP contribution in [0.15, 0.2) is 18.2 Å². The van der Waals surface area contributed by atoms with Gasteiger partial charge in [-0.05, 0) is 32.0 Å². The Morgan fingerprint density at radius 2 is 2.25 bits per heavy atom. The first kappa shape index (κ1) is 14.3. The third-order valence-electron chi connectivity index (χ3n) is 3.35. The minimum atomic E-state index is -1.01. The van der Waals surface area contributed by atoms with Crippen molar-refractivity contribution >= 4 is 5.97 Å². The van der Waals surface area contributed by atoms with Gasteiger partial charge in [0.05, 0.1) is 24.2 Å². The molecule has 0 saturated carbocycles. The maximum atomic E-state index is 10.7. The first-order chi connectivity index (χ1) is 9.35. The maximum absolute atomic E-state index is 10.7. The lowest BCUT2D eigenvalue weighted by Gasteiger charge is -2.42. The number of nitrogens with zero attached hydrogens (tertiary/aromatic N) is 1. The van der Waals surface area contributed by atoms with E-state index in [1.165, 1.54) is 0 Å². The van der Waals surface area contributed by atoms with E-state index >= 15 is 0 Å². The lowest BCUT2D eigenvalue weighted by Crippen LogP contribution is -2.53. The largest absolute Gasteiger partial charge is 0.485 e. The molecule has 0 aliphatic carbocycles. The fraction of sp³-hybridized carbons (Fsp3) is 0.429. The predicted octanol–water partition coefficient (Wildman–Crippen LogP) is 0.805. The van der Waals surface area contributed by atoms with Crippen LogP contribution in [0.3, 0.4) is 0 Å². The van der Waals surface area contributed by atoms with Crippen molar-refractivity contribution in [1.29, 1.82) is 5.26 Å². The van der Waals surface area contributed by atoms with E-state index in [0.717, 1.165) is 0 Å². The number of benzene rings is 1. The summed E-state index contributed by atoms with van der Waals surface area (Å²) in [4.78, 5) is 10.7. The Kier molecular flexibility index (Phi) is 3.66. The highest BCUT2D eigenvalue weighted by Crippen LogP contribution is 2.40. The molecule has 20 heavy (non-hydrogen) atoms. The molecule has 1 aliphatic heterocycles. The Bertz CT molecular complexity index is 577. The monoisotopic (exact) mass is 276 g/mol. The van der Waals surface area contributed by atoms with Crippen molar-refractivity contribution in [3.63, 3.8) is 0 Å². The van der Waals surface area contributed by atoms with Crippen molar-refractivity contribution in [3.8, 4) is 11.8 Å². The van der Waals surface area contributed by atoms with E-state index in [1.54, 1.807) is 32.0 Å². The van der Waals surface area contributed by atoms with E-state index in [9.17, 15) is 9.90 Å². The average Bonchev–Trinajstić information content (AvgIpc) is 2.38. The number of rotatable bonds is 3. The van der Waals surface area contributed by atoms with Gasteiger partial charge in [-0.1, -0.05) is 0 Å². The van der Waals surface area contributed by atoms with Crippen molar-refractivity contribution in [2.24, 2.45) is 0 Å². The molecular formula is C14H16N2O4. The summed E-state index contributed by atoms with van der Waals surface area (Å²) in [6, 6.07) is 6.31. The first-order valence-corrected chi connectivity index (χ1v) is 6.21. The van der Waals surface area contributed by atoms with Crippen LogP contribution in [0.5, 0.6) is 5.75 Å². The summed E-state index contributed by atoms with van der Waals surface area (Å²) >= 11 is 0. The van der Waals surface area contributed by atoms with E-state index in [-0.39, 0.29) is 6.54 Å². The van der Waals surface area contributed by atoms with Gasteiger partial charge in [0.15, 0.2) is 0 Å². The minimum absolute atomic E-state index is 0.284. The number of hydrogen-bond donors (Lipinski definition) is 3. The number of fused-ring (bicyclic) bond motifs is 1. The number of aliphatic hydroxyl groups is 1. The molecule has 1 heterocycles. The number of aliphatic carboxylic acids is 1. The predicted molar refractivity (Wildman–Crippen MR) is 70.3 cm³/mol. The average molecular weight is 276 g/mol. The Balaban J connectivity index is 2.42. The number of carbonyl (C=O) groups is 1. The zero-order chi connectivity index (χ0) is 14.9. The molecule has 0 spiro atoms. The second-order valence-corrected chi connectivity index (χ2v) is 5.27. The van der Waals surface area contributed by atoms with Gasteiger partial charge in [0.25, 0.3) is 0 Å². The van der Waals surface area contributed by atoms with Crippen LogP contribution in [0.1, 0.15) is 31.0 Å². The second kappa shape index (κ2) is 5.12. The fourth-order valence-corrected chi connectivity index (χ4v) is 2.29. The van der Waals surface area contributed by atoms with Gasteiger partial charge in [-0.25, -0.2) is 0 Å². The zero-order valence-electron chi connectivity index (χ0n) is 11.3. The molecule has 2 rings (SSSR count). The Morgan fingerprint density at radius 3 is 2.85 bits per heavy atom. The highest BCUT2D eigenvalue weighted by atomic mass is 16.5. The third kappa shape index (κ3) is 2.59. The van der Waals surface area contributed by atoms with Crippen LogP contribution in [0.25, 0.3) is 0 Å². The number of nitrogens with one attached hydrogen (secondary N) is 1. The molecule has 0 aromatic heterocycles. The van der Waals surface area contributed by atoms with Crippen LogP contribution >= 0.6 is 0 Å². The maximum Gasteiger partial charge on any atom is 0.317 e. The zero-order valence-corrected chi connectivity index (χ0v) is 11.3. The van der Waals surface area contributed by atoms with Gasteiger partial charge in [0.2, 0.25) is 0 Å². The molecule has 6 heteroatoms. The van der Waals surface area contributed by atoms with Crippen LogP contribution in [-0.2, 0) is 4.79 Å². The summed E-state index contributed by atoms with van der Waals surface area (Å²) in [7, 11) is 0. The number of ether oxygens (including phenoxy) is 1. The van der Waals surface area contributed by atoms with E-state index < -0.39 is 23.7 Å². The van der Waals surface area contributed by atoms with E-state index in [1.807, 2.05) is 6.07 Å². The normalized spacial score (nSPS) is 23.3. The lowest BCUT2D eigenvalue weighted by atomic mass is 9.86. The smallest absolute Gasteiger partial charge is 0.317 e. The highest BCUT2D eigenvalue weighted by Gasteiger charge is 2.42. The van der Waals surface area contributed by atoms with Crippen LogP contribution in [0.4, 0.5) is 0 Å². The van der Waals surface area contributed by atoms with Crippen LogP contribution in [-0.4, -0.2) is 34.4 Å². The summed E-state index contributed by atoms with van der Waals surface area (Å²) in [6.45, 7) is 3.18. The molecular weight excluding hydrogens is 260 g/mol. The fourth-order valence-electron chi connectivity index (χ4n) is 2.29. The van der Waals surface area contributed by atoms with Crippen LogP contribution in [0, 0.1) is 11.3 Å². The van der Waals surface area contributed by atoms with Crippen molar-refractivity contribution in [2.75, 3.05) is 6.54 Å². The topological polar surface area (TPSA) is 103 Å². The summed E-state index contributed by atoms with van der Waals surface area (Å²) in [5.74, 6) is -0.471. The van der Waals surface area contributed by atoms with Gasteiger partial charge in [0.1, 0.15) is 17.5 Å². The van der Waals surface area contributed by atoms with E-state index in [4.69, 9.17) is 15.1 Å². The highest BCUT2D eigenvalue weighted by molar-refractivity contribution is 5.69. The van der Waals surface area contributed by atoms with Crippen molar-refractivity contribution in [1.82, 2.24) is 5.32 Å². The molecule has 2 atom stereocenters. The summed E-state index contributed by atoms with van der Waals surface area (Å²) in [5, 5.41) is 30.9. The van der Waals surface area contributed by atoms with Gasteiger partial charge in [0, 0.05) is 5.56 Å². The Morgan fingerprint density at radius 1 is 1.55 bits per heavy atom. The molecule has 1 aromatic carbocycles. The standard InChI is InChI=1S/C14H16N2O4/c1-14(2)13(19)12(16-7-11(17)18)9-5-8(6-15)3-4-10(9)20-14/h3-5,12-13,16,19H,7H2,1-2H3,(H,17,18)/t12-,13+/m0/s1. The molecule has 0 bridgehead atoms.